The summed E-state index contributed by atoms with van der Waals surface area (Å²) in [7, 11) is -4.15. The number of sulfonamides is 1. The number of fused-ring (bicyclic) bond motifs is 2. The van der Waals surface area contributed by atoms with Crippen molar-refractivity contribution in [3.05, 3.63) is 118 Å². The monoisotopic (exact) mass is 601 g/mol. The summed E-state index contributed by atoms with van der Waals surface area (Å²) in [5.74, 6) is -0.764. The third kappa shape index (κ3) is 6.81. The van der Waals surface area contributed by atoms with Gasteiger partial charge in [-0.25, -0.2) is 12.8 Å². The average Bonchev–Trinajstić information content (AvgIpc) is 3.00. The summed E-state index contributed by atoms with van der Waals surface area (Å²) in [4.78, 5) is 33.0. The van der Waals surface area contributed by atoms with Gasteiger partial charge in [-0.2, -0.15) is 4.31 Å². The summed E-state index contributed by atoms with van der Waals surface area (Å²) in [5.41, 5.74) is 1.31. The van der Waals surface area contributed by atoms with Crippen molar-refractivity contribution in [2.75, 3.05) is 13.1 Å². The molecule has 2 aromatic heterocycles. The molecule has 5 aromatic rings. The van der Waals surface area contributed by atoms with E-state index in [1.165, 1.54) is 39.9 Å². The molecule has 10 heteroatoms. The second-order valence-electron chi connectivity index (χ2n) is 10.8. The van der Waals surface area contributed by atoms with Gasteiger partial charge in [-0.15, -0.1) is 0 Å². The number of amides is 1. The van der Waals surface area contributed by atoms with E-state index in [4.69, 9.17) is 4.42 Å². The normalized spacial score (nSPS) is 11.9. The van der Waals surface area contributed by atoms with Crippen LogP contribution in [0.1, 0.15) is 31.4 Å². The van der Waals surface area contributed by atoms with E-state index < -0.39 is 28.3 Å². The summed E-state index contributed by atoms with van der Waals surface area (Å²) in [6.07, 6.45) is 3.38. The van der Waals surface area contributed by atoms with E-state index >= 15 is 0 Å². The van der Waals surface area contributed by atoms with Crippen LogP contribution in [0.25, 0.3) is 21.9 Å². The van der Waals surface area contributed by atoms with Gasteiger partial charge in [0.15, 0.2) is 5.43 Å². The topological polar surface area (TPSA) is 101 Å². The Hall–Kier alpha value is -4.41. The maximum absolute atomic E-state index is 14.1. The Morgan fingerprint density at radius 3 is 2.47 bits per heavy atom. The summed E-state index contributed by atoms with van der Waals surface area (Å²) >= 11 is 0. The highest BCUT2D eigenvalue weighted by Gasteiger charge is 2.31. The van der Waals surface area contributed by atoms with Crippen LogP contribution >= 0.6 is 0 Å². The molecule has 0 aliphatic heterocycles. The molecule has 43 heavy (non-hydrogen) atoms. The Kier molecular flexibility index (Phi) is 8.98. The van der Waals surface area contributed by atoms with Gasteiger partial charge in [0.05, 0.1) is 35.8 Å². The number of carbonyl (C=O) groups excluding carboxylic acids is 1. The predicted molar refractivity (Wildman–Crippen MR) is 163 cm³/mol. The highest BCUT2D eigenvalue weighted by Crippen LogP contribution is 2.25. The summed E-state index contributed by atoms with van der Waals surface area (Å²) in [5, 5.41) is 1.04. The number of para-hydroxylation sites is 2. The first-order chi connectivity index (χ1) is 20.6. The largest absolute Gasteiger partial charge is 0.464 e. The summed E-state index contributed by atoms with van der Waals surface area (Å²) < 4.78 is 48.7. The van der Waals surface area contributed by atoms with Crippen LogP contribution in [-0.4, -0.2) is 41.6 Å². The SMILES string of the molecule is CC(C)CCN(CC(=O)N(Cc1ccc(F)cc1)Cc1coc2ccccc2c1=O)S(=O)(=O)c1cccc2cccnc12. The lowest BCUT2D eigenvalue weighted by Gasteiger charge is -2.28. The summed E-state index contributed by atoms with van der Waals surface area (Å²) in [6.45, 7) is 3.50. The number of hydrogen-bond acceptors (Lipinski definition) is 6. The maximum Gasteiger partial charge on any atom is 0.245 e. The van der Waals surface area contributed by atoms with Crippen molar-refractivity contribution in [1.29, 1.82) is 0 Å². The standard InChI is InChI=1S/C33H32FN3O5S/c1-23(2)16-18-37(43(40,41)30-11-5-7-25-8-6-17-35-32(25)30)21-31(38)36(19-24-12-14-27(34)15-13-24)20-26-22-42-29-10-4-3-9-28(29)33(26)39/h3-15,17,22-23H,16,18-21H2,1-2H3. The number of pyridine rings is 1. The molecule has 0 aliphatic carbocycles. The van der Waals surface area contributed by atoms with Crippen LogP contribution in [0, 0.1) is 11.7 Å². The van der Waals surface area contributed by atoms with Crippen molar-refractivity contribution < 1.29 is 22.0 Å². The molecule has 0 bridgehead atoms. The molecule has 8 nitrogen and oxygen atoms in total. The number of rotatable bonds is 11. The van der Waals surface area contributed by atoms with E-state index in [1.54, 1.807) is 60.7 Å². The minimum Gasteiger partial charge on any atom is -0.464 e. The van der Waals surface area contributed by atoms with Crippen molar-refractivity contribution in [2.45, 2.75) is 38.3 Å². The first-order valence-corrected chi connectivity index (χ1v) is 15.4. The zero-order valence-electron chi connectivity index (χ0n) is 23.9. The highest BCUT2D eigenvalue weighted by molar-refractivity contribution is 7.89. The van der Waals surface area contributed by atoms with Crippen LogP contribution in [0.4, 0.5) is 4.39 Å². The first kappa shape index (κ1) is 30.1. The average molecular weight is 602 g/mol. The molecule has 1 amide bonds. The fourth-order valence-corrected chi connectivity index (χ4v) is 6.41. The molecule has 2 heterocycles. The smallest absolute Gasteiger partial charge is 0.245 e. The molecule has 0 spiro atoms. The molecule has 0 N–H and O–H groups in total. The van der Waals surface area contributed by atoms with Crippen LogP contribution < -0.4 is 5.43 Å². The van der Waals surface area contributed by atoms with Crippen LogP contribution in [0.15, 0.2) is 105 Å². The molecule has 0 unspecified atom stereocenters. The minimum atomic E-state index is -4.15. The molecule has 0 saturated heterocycles. The Balaban J connectivity index is 1.51. The Morgan fingerprint density at radius 2 is 1.70 bits per heavy atom. The third-order valence-electron chi connectivity index (χ3n) is 7.23. The van der Waals surface area contributed by atoms with Gasteiger partial charge in [0.1, 0.15) is 16.3 Å². The van der Waals surface area contributed by atoms with Crippen LogP contribution in [-0.2, 0) is 27.9 Å². The number of aromatic nitrogens is 1. The molecule has 0 fully saturated rings. The van der Waals surface area contributed by atoms with Gasteiger partial charge >= 0.3 is 0 Å². The second kappa shape index (κ2) is 12.8. The van der Waals surface area contributed by atoms with Crippen LogP contribution in [0.3, 0.4) is 0 Å². The van der Waals surface area contributed by atoms with Crippen molar-refractivity contribution in [1.82, 2.24) is 14.2 Å². The molecular formula is C33H32FN3O5S. The third-order valence-corrected chi connectivity index (χ3v) is 9.11. The molecule has 222 valence electrons. The van der Waals surface area contributed by atoms with Gasteiger partial charge in [-0.1, -0.05) is 56.3 Å². The molecule has 3 aromatic carbocycles. The second-order valence-corrected chi connectivity index (χ2v) is 12.7. The van der Waals surface area contributed by atoms with Gasteiger partial charge in [-0.05, 0) is 54.3 Å². The lowest BCUT2D eigenvalue weighted by Crippen LogP contribution is -2.43. The fourth-order valence-electron chi connectivity index (χ4n) is 4.84. The van der Waals surface area contributed by atoms with Crippen molar-refractivity contribution in [2.24, 2.45) is 5.92 Å². The van der Waals surface area contributed by atoms with E-state index in [1.807, 2.05) is 13.8 Å². The van der Waals surface area contributed by atoms with Crippen LogP contribution in [0.5, 0.6) is 0 Å². The molecular weight excluding hydrogens is 569 g/mol. The fraction of sp³-hybridized carbons (Fsp3) is 0.242. The number of hydrogen-bond donors (Lipinski definition) is 0. The van der Waals surface area contributed by atoms with Gasteiger partial charge in [-0.3, -0.25) is 14.6 Å². The van der Waals surface area contributed by atoms with E-state index in [2.05, 4.69) is 4.98 Å². The number of nitrogens with zero attached hydrogens (tertiary/aromatic N) is 3. The van der Waals surface area contributed by atoms with Crippen molar-refractivity contribution in [3.63, 3.8) is 0 Å². The first-order valence-electron chi connectivity index (χ1n) is 14.0. The quantitative estimate of drug-likeness (QED) is 0.191. The van der Waals surface area contributed by atoms with Crippen LogP contribution in [0.2, 0.25) is 0 Å². The van der Waals surface area contributed by atoms with Gasteiger partial charge in [0.25, 0.3) is 0 Å². The zero-order valence-corrected chi connectivity index (χ0v) is 24.8. The summed E-state index contributed by atoms with van der Waals surface area (Å²) in [6, 6.07) is 20.9. The zero-order chi connectivity index (χ0) is 30.6. The van der Waals surface area contributed by atoms with E-state index in [0.717, 1.165) is 0 Å². The van der Waals surface area contributed by atoms with Crippen molar-refractivity contribution >= 4 is 37.8 Å². The van der Waals surface area contributed by atoms with Crippen molar-refractivity contribution in [3.8, 4) is 0 Å². The maximum atomic E-state index is 14.1. The van der Waals surface area contributed by atoms with E-state index in [9.17, 15) is 22.4 Å². The number of carbonyl (C=O) groups is 1. The van der Waals surface area contributed by atoms with Gasteiger partial charge in [0.2, 0.25) is 15.9 Å². The molecule has 0 aliphatic rings. The minimum absolute atomic E-state index is 0.0161. The van der Waals surface area contributed by atoms with E-state index in [0.29, 0.717) is 33.9 Å². The Morgan fingerprint density at radius 1 is 0.953 bits per heavy atom. The van der Waals surface area contributed by atoms with Gasteiger partial charge < -0.3 is 9.32 Å². The molecule has 0 radical (unpaired) electrons. The lowest BCUT2D eigenvalue weighted by atomic mass is 10.1. The lowest BCUT2D eigenvalue weighted by molar-refractivity contribution is -0.132. The molecule has 0 saturated carbocycles. The van der Waals surface area contributed by atoms with E-state index in [-0.39, 0.29) is 41.4 Å². The molecule has 0 atom stereocenters. The number of benzene rings is 3. The molecule has 5 rings (SSSR count). The van der Waals surface area contributed by atoms with Gasteiger partial charge in [0, 0.05) is 24.7 Å². The number of halogens is 1. The Bertz CT molecular complexity index is 1920. The predicted octanol–water partition coefficient (Wildman–Crippen LogP) is 5.75. The Labute approximate surface area is 249 Å². The highest BCUT2D eigenvalue weighted by atomic mass is 32.2.